The maximum Gasteiger partial charge on any atom is 0.273 e. The lowest BCUT2D eigenvalue weighted by Gasteiger charge is -2.15. The van der Waals surface area contributed by atoms with Crippen molar-refractivity contribution in [1.82, 2.24) is 4.98 Å². The number of non-ortho nitro benzene ring substituents is 1. The first-order valence-corrected chi connectivity index (χ1v) is 7.40. The first kappa shape index (κ1) is 15.2. The average Bonchev–Trinajstić information content (AvgIpc) is 2.77. The summed E-state index contributed by atoms with van der Waals surface area (Å²) in [4.78, 5) is 16.1. The fourth-order valence-corrected chi connectivity index (χ4v) is 3.14. The number of aromatic nitrogens is 1. The van der Waals surface area contributed by atoms with Crippen LogP contribution in [-0.2, 0) is 0 Å². The van der Waals surface area contributed by atoms with E-state index in [-0.39, 0.29) is 11.7 Å². The predicted octanol–water partition coefficient (Wildman–Crippen LogP) is 3.88. The Morgan fingerprint density at radius 1 is 1.29 bits per heavy atom. The molecule has 1 heterocycles. The first-order valence-electron chi connectivity index (χ1n) is 6.58. The molecule has 0 bridgehead atoms. The molecule has 2 rings (SSSR count). The summed E-state index contributed by atoms with van der Waals surface area (Å²) in [6.45, 7) is 5.97. The van der Waals surface area contributed by atoms with Gasteiger partial charge in [0.05, 0.1) is 21.7 Å². The van der Waals surface area contributed by atoms with Gasteiger partial charge in [-0.05, 0) is 26.8 Å². The Labute approximate surface area is 127 Å². The summed E-state index contributed by atoms with van der Waals surface area (Å²) in [7, 11) is 1.74. The molecule has 0 amide bonds. The van der Waals surface area contributed by atoms with E-state index in [2.05, 4.69) is 15.6 Å². The van der Waals surface area contributed by atoms with Gasteiger partial charge in [-0.2, -0.15) is 0 Å². The molecule has 6 nitrogen and oxygen atoms in total. The molecule has 2 N–H and O–H groups in total. The summed E-state index contributed by atoms with van der Waals surface area (Å²) in [5, 5.41) is 18.2. The molecule has 112 valence electrons. The van der Waals surface area contributed by atoms with Crippen molar-refractivity contribution < 1.29 is 4.92 Å². The van der Waals surface area contributed by atoms with Gasteiger partial charge in [-0.15, -0.1) is 11.3 Å². The normalized spacial score (nSPS) is 12.0. The van der Waals surface area contributed by atoms with Crippen LogP contribution in [0.3, 0.4) is 0 Å². The van der Waals surface area contributed by atoms with Crippen LogP contribution >= 0.6 is 11.3 Å². The lowest BCUT2D eigenvalue weighted by molar-refractivity contribution is -0.384. The van der Waals surface area contributed by atoms with Crippen LogP contribution in [0.1, 0.15) is 28.5 Å². The molecule has 0 saturated carbocycles. The van der Waals surface area contributed by atoms with Gasteiger partial charge in [0.2, 0.25) is 0 Å². The summed E-state index contributed by atoms with van der Waals surface area (Å²) in [6.07, 6.45) is 0. The molecule has 1 unspecified atom stereocenters. The molecular formula is C14H18N4O2S. The van der Waals surface area contributed by atoms with Crippen LogP contribution in [0.5, 0.6) is 0 Å². The van der Waals surface area contributed by atoms with Crippen LogP contribution in [0.15, 0.2) is 18.2 Å². The number of thiazole rings is 1. The monoisotopic (exact) mass is 306 g/mol. The van der Waals surface area contributed by atoms with Crippen LogP contribution in [-0.4, -0.2) is 17.0 Å². The van der Waals surface area contributed by atoms with Gasteiger partial charge < -0.3 is 10.6 Å². The molecule has 0 saturated heterocycles. The van der Waals surface area contributed by atoms with Gasteiger partial charge >= 0.3 is 0 Å². The minimum absolute atomic E-state index is 0.0444. The third-order valence-corrected chi connectivity index (χ3v) is 4.39. The molecule has 0 radical (unpaired) electrons. The number of nitro benzene ring substituents is 1. The molecule has 1 aromatic carbocycles. The van der Waals surface area contributed by atoms with Crippen LogP contribution < -0.4 is 10.6 Å². The molecule has 0 aliphatic heterocycles. The highest BCUT2D eigenvalue weighted by Gasteiger charge is 2.15. The molecule has 0 fully saturated rings. The van der Waals surface area contributed by atoms with Gasteiger partial charge in [-0.1, -0.05) is 0 Å². The van der Waals surface area contributed by atoms with E-state index in [1.165, 1.54) is 6.07 Å². The number of benzene rings is 1. The minimum Gasteiger partial charge on any atom is -0.388 e. The molecule has 0 aliphatic rings. The SMILES string of the molecule is CNc1cc(NC(C)c2sc(C)nc2C)cc([N+](=O)[O-])c1. The Bertz CT molecular complexity index is 669. The third kappa shape index (κ3) is 3.49. The zero-order valence-corrected chi connectivity index (χ0v) is 13.2. The van der Waals surface area contributed by atoms with E-state index >= 15 is 0 Å². The zero-order chi connectivity index (χ0) is 15.6. The van der Waals surface area contributed by atoms with E-state index in [0.29, 0.717) is 11.4 Å². The van der Waals surface area contributed by atoms with Gasteiger partial charge in [-0.25, -0.2) is 4.98 Å². The van der Waals surface area contributed by atoms with Crippen LogP contribution in [0.4, 0.5) is 17.1 Å². The number of aryl methyl sites for hydroxylation is 2. The van der Waals surface area contributed by atoms with E-state index in [1.54, 1.807) is 24.5 Å². The first-order chi connectivity index (χ1) is 9.90. The highest BCUT2D eigenvalue weighted by atomic mass is 32.1. The topological polar surface area (TPSA) is 80.1 Å². The fraction of sp³-hybridized carbons (Fsp3) is 0.357. The average molecular weight is 306 g/mol. The molecular weight excluding hydrogens is 288 g/mol. The van der Waals surface area contributed by atoms with E-state index < -0.39 is 4.92 Å². The molecule has 21 heavy (non-hydrogen) atoms. The third-order valence-electron chi connectivity index (χ3n) is 3.13. The molecule has 7 heteroatoms. The number of hydrogen-bond acceptors (Lipinski definition) is 6. The Morgan fingerprint density at radius 2 is 1.95 bits per heavy atom. The Morgan fingerprint density at radius 3 is 2.48 bits per heavy atom. The Kier molecular flexibility index (Phi) is 4.42. The number of anilines is 2. The van der Waals surface area contributed by atoms with E-state index in [0.717, 1.165) is 15.6 Å². The predicted molar refractivity (Wildman–Crippen MR) is 86.3 cm³/mol. The lowest BCUT2D eigenvalue weighted by atomic mass is 10.2. The number of hydrogen-bond donors (Lipinski definition) is 2. The summed E-state index contributed by atoms with van der Waals surface area (Å²) in [5.41, 5.74) is 2.48. The second kappa shape index (κ2) is 6.09. The Balaban J connectivity index is 2.28. The van der Waals surface area contributed by atoms with Crippen molar-refractivity contribution >= 4 is 28.4 Å². The molecule has 0 aliphatic carbocycles. The summed E-state index contributed by atoms with van der Waals surface area (Å²) in [6, 6.07) is 4.95. The van der Waals surface area contributed by atoms with Gasteiger partial charge in [-0.3, -0.25) is 10.1 Å². The van der Waals surface area contributed by atoms with E-state index in [4.69, 9.17) is 0 Å². The number of nitro groups is 1. The summed E-state index contributed by atoms with van der Waals surface area (Å²) < 4.78 is 0. The lowest BCUT2D eigenvalue weighted by Crippen LogP contribution is -2.07. The second-order valence-electron chi connectivity index (χ2n) is 4.82. The number of nitrogens with one attached hydrogen (secondary N) is 2. The van der Waals surface area contributed by atoms with Crippen molar-refractivity contribution in [1.29, 1.82) is 0 Å². The zero-order valence-electron chi connectivity index (χ0n) is 12.4. The second-order valence-corrected chi connectivity index (χ2v) is 6.06. The highest BCUT2D eigenvalue weighted by Crippen LogP contribution is 2.30. The standard InChI is InChI=1S/C14H18N4O2S/c1-8-14(21-10(3)16-8)9(2)17-12-5-11(15-4)6-13(7-12)18(19)20/h5-7,9,15,17H,1-4H3. The van der Waals surface area contributed by atoms with Crippen molar-refractivity contribution in [2.75, 3.05) is 17.7 Å². The van der Waals surface area contributed by atoms with Crippen molar-refractivity contribution in [2.24, 2.45) is 0 Å². The van der Waals surface area contributed by atoms with Crippen molar-refractivity contribution in [3.8, 4) is 0 Å². The van der Waals surface area contributed by atoms with Crippen LogP contribution in [0.2, 0.25) is 0 Å². The molecule has 1 atom stereocenters. The minimum atomic E-state index is -0.390. The van der Waals surface area contributed by atoms with E-state index in [9.17, 15) is 10.1 Å². The Hall–Kier alpha value is -2.15. The maximum atomic E-state index is 11.0. The van der Waals surface area contributed by atoms with Crippen LogP contribution in [0.25, 0.3) is 0 Å². The van der Waals surface area contributed by atoms with Crippen molar-refractivity contribution in [3.63, 3.8) is 0 Å². The summed E-state index contributed by atoms with van der Waals surface area (Å²) in [5.74, 6) is 0. The number of rotatable bonds is 5. The molecule has 2 aromatic rings. The quantitative estimate of drug-likeness (QED) is 0.647. The van der Waals surface area contributed by atoms with Crippen LogP contribution in [0, 0.1) is 24.0 Å². The van der Waals surface area contributed by atoms with Crippen molar-refractivity contribution in [2.45, 2.75) is 26.8 Å². The molecule has 1 aromatic heterocycles. The maximum absolute atomic E-state index is 11.0. The summed E-state index contributed by atoms with van der Waals surface area (Å²) >= 11 is 1.64. The molecule has 0 spiro atoms. The fourth-order valence-electron chi connectivity index (χ4n) is 2.21. The largest absolute Gasteiger partial charge is 0.388 e. The van der Waals surface area contributed by atoms with E-state index in [1.807, 2.05) is 26.8 Å². The van der Waals surface area contributed by atoms with Crippen molar-refractivity contribution in [3.05, 3.63) is 43.9 Å². The number of nitrogens with zero attached hydrogens (tertiary/aromatic N) is 2. The van der Waals surface area contributed by atoms with Gasteiger partial charge in [0.1, 0.15) is 0 Å². The van der Waals surface area contributed by atoms with Gasteiger partial charge in [0.25, 0.3) is 5.69 Å². The smallest absolute Gasteiger partial charge is 0.273 e. The van der Waals surface area contributed by atoms with Gasteiger partial charge in [0.15, 0.2) is 0 Å². The van der Waals surface area contributed by atoms with Gasteiger partial charge in [0, 0.05) is 35.4 Å². The highest BCUT2D eigenvalue weighted by molar-refractivity contribution is 7.11.